The molecule has 1 aromatic carbocycles. The van der Waals surface area contributed by atoms with E-state index in [0.29, 0.717) is 5.75 Å². The number of nitrogens with zero attached hydrogens (tertiary/aromatic N) is 4. The van der Waals surface area contributed by atoms with E-state index in [0.717, 1.165) is 0 Å². The summed E-state index contributed by atoms with van der Waals surface area (Å²) in [7, 11) is 2.98. The van der Waals surface area contributed by atoms with E-state index in [1.54, 1.807) is 7.05 Å². The molecule has 110 valence electrons. The fourth-order valence-corrected chi connectivity index (χ4v) is 1.53. The van der Waals surface area contributed by atoms with E-state index in [4.69, 9.17) is 9.84 Å². The molecule has 0 atom stereocenters. The van der Waals surface area contributed by atoms with Crippen molar-refractivity contribution in [3.8, 4) is 5.75 Å². The second-order valence-electron chi connectivity index (χ2n) is 3.90. The number of ether oxygens (including phenoxy) is 1. The Bertz CT molecular complexity index is 683. The van der Waals surface area contributed by atoms with Crippen LogP contribution in [0.3, 0.4) is 0 Å². The normalized spacial score (nSPS) is 10.0. The molecule has 0 radical (unpaired) electrons. The molecule has 0 aliphatic carbocycles. The molecule has 21 heavy (non-hydrogen) atoms. The van der Waals surface area contributed by atoms with Gasteiger partial charge in [0.1, 0.15) is 5.75 Å². The lowest BCUT2D eigenvalue weighted by atomic mass is 10.1. The zero-order chi connectivity index (χ0) is 15.4. The molecule has 0 saturated carbocycles. The summed E-state index contributed by atoms with van der Waals surface area (Å²) in [6.07, 6.45) is 0. The first-order valence-corrected chi connectivity index (χ1v) is 5.73. The lowest BCUT2D eigenvalue weighted by Crippen LogP contribution is -2.21. The number of tetrazole rings is 1. The molecule has 0 spiro atoms. The van der Waals surface area contributed by atoms with E-state index < -0.39 is 12.0 Å². The second kappa shape index (κ2) is 5.86. The van der Waals surface area contributed by atoms with Gasteiger partial charge in [0.2, 0.25) is 0 Å². The molecule has 10 heteroatoms. The summed E-state index contributed by atoms with van der Waals surface area (Å²) in [5.41, 5.74) is 0.0151. The summed E-state index contributed by atoms with van der Waals surface area (Å²) in [4.78, 5) is 24.1. The molecule has 3 N–H and O–H groups in total. The first-order chi connectivity index (χ1) is 9.99. The standard InChI is InChI=1S/C11H12N6O4/c1-17-15-10(14-16-17)13-11(20)12-8-5-6(21-2)3-4-7(8)9(18)19/h3-5H,1-2H3,(H,18,19)(H2,12,13,15,20). The summed E-state index contributed by atoms with van der Waals surface area (Å²) in [6.45, 7) is 0. The molecule has 0 saturated heterocycles. The topological polar surface area (TPSA) is 131 Å². The summed E-state index contributed by atoms with van der Waals surface area (Å²) < 4.78 is 4.99. The number of amides is 2. The monoisotopic (exact) mass is 292 g/mol. The molecule has 0 bridgehead atoms. The summed E-state index contributed by atoms with van der Waals surface area (Å²) in [6, 6.07) is 3.51. The van der Waals surface area contributed by atoms with E-state index in [1.165, 1.54) is 30.1 Å². The van der Waals surface area contributed by atoms with E-state index in [-0.39, 0.29) is 17.2 Å². The van der Waals surface area contributed by atoms with Crippen molar-refractivity contribution in [1.29, 1.82) is 0 Å². The van der Waals surface area contributed by atoms with Crippen molar-refractivity contribution in [2.75, 3.05) is 17.7 Å². The maximum absolute atomic E-state index is 11.8. The molecule has 10 nitrogen and oxygen atoms in total. The number of methoxy groups -OCH3 is 1. The Morgan fingerprint density at radius 1 is 1.33 bits per heavy atom. The quantitative estimate of drug-likeness (QED) is 0.750. The van der Waals surface area contributed by atoms with Gasteiger partial charge in [0.05, 0.1) is 25.4 Å². The maximum atomic E-state index is 11.8. The third-order valence-electron chi connectivity index (χ3n) is 2.44. The van der Waals surface area contributed by atoms with Gasteiger partial charge >= 0.3 is 12.0 Å². The second-order valence-corrected chi connectivity index (χ2v) is 3.90. The summed E-state index contributed by atoms with van der Waals surface area (Å²) in [5.74, 6) is -0.770. The van der Waals surface area contributed by atoms with Gasteiger partial charge in [0, 0.05) is 6.07 Å². The van der Waals surface area contributed by atoms with Crippen molar-refractivity contribution < 1.29 is 19.4 Å². The van der Waals surface area contributed by atoms with Gasteiger partial charge in [0.25, 0.3) is 5.95 Å². The highest BCUT2D eigenvalue weighted by atomic mass is 16.5. The maximum Gasteiger partial charge on any atom is 0.337 e. The lowest BCUT2D eigenvalue weighted by Gasteiger charge is -2.10. The molecule has 1 aromatic heterocycles. The van der Waals surface area contributed by atoms with Crippen molar-refractivity contribution in [2.45, 2.75) is 0 Å². The number of carbonyl (C=O) groups excluding carboxylic acids is 1. The number of aromatic nitrogens is 4. The molecule has 0 unspecified atom stereocenters. The number of nitrogens with one attached hydrogen (secondary N) is 2. The fraction of sp³-hybridized carbons (Fsp3) is 0.182. The number of hydrogen-bond donors (Lipinski definition) is 3. The first kappa shape index (κ1) is 14.2. The van der Waals surface area contributed by atoms with Crippen LogP contribution in [0.1, 0.15) is 10.4 Å². The largest absolute Gasteiger partial charge is 0.497 e. The van der Waals surface area contributed by atoms with Crippen LogP contribution in [-0.4, -0.2) is 44.4 Å². The molecule has 0 fully saturated rings. The van der Waals surface area contributed by atoms with Crippen molar-refractivity contribution >= 4 is 23.6 Å². The van der Waals surface area contributed by atoms with E-state index in [2.05, 4.69) is 26.0 Å². The number of anilines is 2. The highest BCUT2D eigenvalue weighted by molar-refractivity contribution is 6.04. The average Bonchev–Trinajstić information content (AvgIpc) is 2.83. The summed E-state index contributed by atoms with van der Waals surface area (Å²) >= 11 is 0. The number of carboxylic acids is 1. The van der Waals surface area contributed by atoms with Gasteiger partial charge in [0.15, 0.2) is 0 Å². The van der Waals surface area contributed by atoms with Crippen LogP contribution >= 0.6 is 0 Å². The van der Waals surface area contributed by atoms with Gasteiger partial charge < -0.3 is 15.2 Å². The molecule has 1 heterocycles. The SMILES string of the molecule is COc1ccc(C(=O)O)c(NC(=O)Nc2nnn(C)n2)c1. The molecule has 0 aliphatic heterocycles. The van der Waals surface area contributed by atoms with E-state index in [9.17, 15) is 9.59 Å². The number of urea groups is 1. The minimum atomic E-state index is -1.18. The molecule has 2 amide bonds. The van der Waals surface area contributed by atoms with Crippen LogP contribution in [0.25, 0.3) is 0 Å². The highest BCUT2D eigenvalue weighted by Gasteiger charge is 2.14. The minimum absolute atomic E-state index is 0.00484. The Balaban J connectivity index is 2.17. The van der Waals surface area contributed by atoms with Crippen LogP contribution in [0.2, 0.25) is 0 Å². The van der Waals surface area contributed by atoms with Gasteiger partial charge in [-0.2, -0.15) is 4.80 Å². The van der Waals surface area contributed by atoms with Crippen LogP contribution in [0.15, 0.2) is 18.2 Å². The van der Waals surface area contributed by atoms with Crippen LogP contribution in [-0.2, 0) is 7.05 Å². The predicted molar refractivity (Wildman–Crippen MR) is 71.4 cm³/mol. The number of aromatic carboxylic acids is 1. The molecule has 2 rings (SSSR count). The van der Waals surface area contributed by atoms with Crippen LogP contribution in [0.5, 0.6) is 5.75 Å². The summed E-state index contributed by atoms with van der Waals surface area (Å²) in [5, 5.41) is 24.7. The minimum Gasteiger partial charge on any atom is -0.497 e. The Hall–Kier alpha value is -3.17. The average molecular weight is 292 g/mol. The third kappa shape index (κ3) is 3.43. The van der Waals surface area contributed by atoms with Crippen LogP contribution in [0.4, 0.5) is 16.4 Å². The van der Waals surface area contributed by atoms with E-state index >= 15 is 0 Å². The van der Waals surface area contributed by atoms with Crippen LogP contribution in [0, 0.1) is 0 Å². The molecule has 2 aromatic rings. The van der Waals surface area contributed by atoms with Crippen molar-refractivity contribution in [2.24, 2.45) is 7.05 Å². The van der Waals surface area contributed by atoms with Crippen molar-refractivity contribution in [1.82, 2.24) is 20.2 Å². The number of rotatable bonds is 4. The van der Waals surface area contributed by atoms with Gasteiger partial charge in [-0.1, -0.05) is 5.10 Å². The predicted octanol–water partition coefficient (Wildman–Crippen LogP) is 0.561. The Morgan fingerprint density at radius 3 is 2.67 bits per heavy atom. The Morgan fingerprint density at radius 2 is 2.10 bits per heavy atom. The van der Waals surface area contributed by atoms with Crippen molar-refractivity contribution in [3.05, 3.63) is 23.8 Å². The van der Waals surface area contributed by atoms with Gasteiger partial charge in [-0.05, 0) is 17.3 Å². The Kier molecular flexibility index (Phi) is 3.97. The van der Waals surface area contributed by atoms with Gasteiger partial charge in [-0.15, -0.1) is 5.10 Å². The number of aryl methyl sites for hydroxylation is 1. The number of carbonyl (C=O) groups is 2. The highest BCUT2D eigenvalue weighted by Crippen LogP contribution is 2.22. The van der Waals surface area contributed by atoms with Gasteiger partial charge in [-0.3, -0.25) is 5.32 Å². The Labute approximate surface area is 118 Å². The van der Waals surface area contributed by atoms with Gasteiger partial charge in [-0.25, -0.2) is 9.59 Å². The van der Waals surface area contributed by atoms with Crippen molar-refractivity contribution in [3.63, 3.8) is 0 Å². The zero-order valence-corrected chi connectivity index (χ0v) is 11.2. The molecule has 0 aliphatic rings. The number of hydrogen-bond acceptors (Lipinski definition) is 6. The fourth-order valence-electron chi connectivity index (χ4n) is 1.53. The smallest absolute Gasteiger partial charge is 0.337 e. The van der Waals surface area contributed by atoms with Crippen LogP contribution < -0.4 is 15.4 Å². The lowest BCUT2D eigenvalue weighted by molar-refractivity contribution is 0.0698. The number of carboxylic acid groups (broad SMARTS) is 1. The molecular weight excluding hydrogens is 280 g/mol. The third-order valence-corrected chi connectivity index (χ3v) is 2.44. The zero-order valence-electron chi connectivity index (χ0n) is 11.2. The number of benzene rings is 1. The molecular formula is C11H12N6O4. The first-order valence-electron chi connectivity index (χ1n) is 5.73. The van der Waals surface area contributed by atoms with E-state index in [1.807, 2.05) is 0 Å².